The predicted octanol–water partition coefficient (Wildman–Crippen LogP) is 2.58. The van der Waals surface area contributed by atoms with Crippen LogP contribution in [0.5, 0.6) is 0 Å². The first-order valence-corrected chi connectivity index (χ1v) is 4.16. The highest BCUT2D eigenvalue weighted by Gasteiger charge is 2.31. The maximum Gasteiger partial charge on any atom is 0.417 e. The molecule has 0 aliphatic heterocycles. The molecule has 0 bridgehead atoms. The summed E-state index contributed by atoms with van der Waals surface area (Å²) in [7, 11) is 0. The summed E-state index contributed by atoms with van der Waals surface area (Å²) in [5.41, 5.74) is -0.958. The van der Waals surface area contributed by atoms with Gasteiger partial charge in [0.2, 0.25) is 0 Å². The first-order chi connectivity index (χ1) is 5.95. The average Bonchev–Trinajstić information content (AvgIpc) is 2.03. The van der Waals surface area contributed by atoms with Gasteiger partial charge in [0.1, 0.15) is 9.77 Å². The van der Waals surface area contributed by atoms with Crippen LogP contribution in [-0.4, -0.2) is 4.98 Å². The maximum atomic E-state index is 12.1. The standard InChI is InChI=1S/C7H2F3IN2/c8-7(9,10)5-1-4(2-12)6(11)13-3-5/h1,3H. The van der Waals surface area contributed by atoms with Crippen molar-refractivity contribution in [2.45, 2.75) is 6.18 Å². The van der Waals surface area contributed by atoms with Gasteiger partial charge in [-0.2, -0.15) is 18.4 Å². The maximum absolute atomic E-state index is 12.1. The van der Waals surface area contributed by atoms with Gasteiger partial charge in [-0.25, -0.2) is 4.98 Å². The van der Waals surface area contributed by atoms with E-state index in [1.54, 1.807) is 28.7 Å². The Morgan fingerprint density at radius 1 is 1.46 bits per heavy atom. The predicted molar refractivity (Wildman–Crippen MR) is 46.7 cm³/mol. The second-order valence-electron chi connectivity index (χ2n) is 2.17. The van der Waals surface area contributed by atoms with Crippen LogP contribution < -0.4 is 0 Å². The van der Waals surface area contributed by atoms with Crippen LogP contribution >= 0.6 is 22.6 Å². The largest absolute Gasteiger partial charge is 0.417 e. The summed E-state index contributed by atoms with van der Waals surface area (Å²) in [5.74, 6) is 0. The van der Waals surface area contributed by atoms with Crippen molar-refractivity contribution in [3.05, 3.63) is 27.1 Å². The minimum absolute atomic E-state index is 0.0598. The Labute approximate surface area is 85.5 Å². The molecule has 0 spiro atoms. The summed E-state index contributed by atoms with van der Waals surface area (Å²) in [6.45, 7) is 0. The third-order valence-corrected chi connectivity index (χ3v) is 2.15. The molecule has 6 heteroatoms. The van der Waals surface area contributed by atoms with E-state index in [1.165, 1.54) is 0 Å². The fourth-order valence-electron chi connectivity index (χ4n) is 0.682. The molecular weight excluding hydrogens is 296 g/mol. The zero-order valence-corrected chi connectivity index (χ0v) is 8.22. The number of hydrogen-bond donors (Lipinski definition) is 0. The molecule has 0 radical (unpaired) electrons. The number of nitriles is 1. The number of rotatable bonds is 0. The van der Waals surface area contributed by atoms with Crippen molar-refractivity contribution in [1.29, 1.82) is 5.26 Å². The van der Waals surface area contributed by atoms with E-state index >= 15 is 0 Å². The quantitative estimate of drug-likeness (QED) is 0.545. The number of halogens is 4. The minimum Gasteiger partial charge on any atom is -0.248 e. The second-order valence-corrected chi connectivity index (χ2v) is 3.19. The number of alkyl halides is 3. The molecule has 2 nitrogen and oxygen atoms in total. The summed E-state index contributed by atoms with van der Waals surface area (Å²) in [6, 6.07) is 2.42. The Morgan fingerprint density at radius 2 is 2.08 bits per heavy atom. The molecule has 0 aliphatic rings. The Morgan fingerprint density at radius 3 is 2.54 bits per heavy atom. The molecule has 0 fully saturated rings. The van der Waals surface area contributed by atoms with Gasteiger partial charge in [-0.15, -0.1) is 0 Å². The van der Waals surface area contributed by atoms with Crippen LogP contribution in [0, 0.1) is 15.0 Å². The summed E-state index contributed by atoms with van der Waals surface area (Å²) in [4.78, 5) is 3.46. The van der Waals surface area contributed by atoms with Gasteiger partial charge in [0.25, 0.3) is 0 Å². The zero-order valence-electron chi connectivity index (χ0n) is 6.06. The first-order valence-electron chi connectivity index (χ1n) is 3.08. The Balaban J connectivity index is 3.24. The SMILES string of the molecule is N#Cc1cc(C(F)(F)F)cnc1I. The molecule has 0 saturated heterocycles. The van der Waals surface area contributed by atoms with Crippen molar-refractivity contribution in [3.8, 4) is 6.07 Å². The van der Waals surface area contributed by atoms with Gasteiger partial charge in [0.15, 0.2) is 0 Å². The molecule has 1 heterocycles. The molecule has 0 aromatic carbocycles. The highest BCUT2D eigenvalue weighted by Crippen LogP contribution is 2.29. The normalized spacial score (nSPS) is 11.0. The van der Waals surface area contributed by atoms with Gasteiger partial charge < -0.3 is 0 Å². The molecule has 1 rings (SSSR count). The Kier molecular flexibility index (Phi) is 2.75. The molecule has 0 aliphatic carbocycles. The number of pyridine rings is 1. The van der Waals surface area contributed by atoms with Crippen LogP contribution in [0.3, 0.4) is 0 Å². The lowest BCUT2D eigenvalue weighted by molar-refractivity contribution is -0.137. The van der Waals surface area contributed by atoms with Crippen molar-refractivity contribution in [2.24, 2.45) is 0 Å². The van der Waals surface area contributed by atoms with E-state index in [0.29, 0.717) is 6.20 Å². The van der Waals surface area contributed by atoms with Gasteiger partial charge in [0.05, 0.1) is 11.1 Å². The summed E-state index contributed by atoms with van der Waals surface area (Å²) >= 11 is 1.70. The van der Waals surface area contributed by atoms with Gasteiger partial charge in [-0.1, -0.05) is 0 Å². The van der Waals surface area contributed by atoms with Gasteiger partial charge in [0, 0.05) is 6.20 Å². The highest BCUT2D eigenvalue weighted by atomic mass is 127. The molecule has 0 N–H and O–H groups in total. The summed E-state index contributed by atoms with van der Waals surface area (Å²) < 4.78 is 36.5. The first kappa shape index (κ1) is 10.2. The van der Waals surface area contributed by atoms with Crippen molar-refractivity contribution in [3.63, 3.8) is 0 Å². The third kappa shape index (κ3) is 2.30. The van der Waals surface area contributed by atoms with Crippen molar-refractivity contribution >= 4 is 22.6 Å². The van der Waals surface area contributed by atoms with Crippen LogP contribution in [0.15, 0.2) is 12.3 Å². The van der Waals surface area contributed by atoms with Crippen LogP contribution in [-0.2, 0) is 6.18 Å². The fourth-order valence-corrected chi connectivity index (χ4v) is 1.10. The van der Waals surface area contributed by atoms with Crippen LogP contribution in [0.2, 0.25) is 0 Å². The molecule has 0 saturated carbocycles. The van der Waals surface area contributed by atoms with Crippen molar-refractivity contribution < 1.29 is 13.2 Å². The van der Waals surface area contributed by atoms with E-state index in [9.17, 15) is 13.2 Å². The van der Waals surface area contributed by atoms with Crippen LogP contribution in [0.1, 0.15) is 11.1 Å². The monoisotopic (exact) mass is 298 g/mol. The topological polar surface area (TPSA) is 36.7 Å². The lowest BCUT2D eigenvalue weighted by atomic mass is 10.2. The average molecular weight is 298 g/mol. The fraction of sp³-hybridized carbons (Fsp3) is 0.143. The van der Waals surface area contributed by atoms with E-state index in [2.05, 4.69) is 4.98 Å². The van der Waals surface area contributed by atoms with Crippen molar-refractivity contribution in [2.75, 3.05) is 0 Å². The lowest BCUT2D eigenvalue weighted by Crippen LogP contribution is -2.06. The Hall–Kier alpha value is -0.840. The van der Waals surface area contributed by atoms with E-state index in [4.69, 9.17) is 5.26 Å². The smallest absolute Gasteiger partial charge is 0.248 e. The van der Waals surface area contributed by atoms with Crippen molar-refractivity contribution in [1.82, 2.24) is 4.98 Å². The molecule has 0 unspecified atom stereocenters. The molecule has 68 valence electrons. The number of nitrogens with zero attached hydrogens (tertiary/aromatic N) is 2. The number of aromatic nitrogens is 1. The van der Waals surface area contributed by atoms with E-state index in [-0.39, 0.29) is 9.26 Å². The molecule has 1 aromatic rings. The van der Waals surface area contributed by atoms with Gasteiger partial charge >= 0.3 is 6.18 Å². The van der Waals surface area contributed by atoms with Gasteiger partial charge in [-0.3, -0.25) is 0 Å². The Bertz CT molecular complexity index is 367. The van der Waals surface area contributed by atoms with Crippen LogP contribution in [0.4, 0.5) is 13.2 Å². The molecule has 0 amide bonds. The molecule has 1 aromatic heterocycles. The zero-order chi connectivity index (χ0) is 10.1. The molecular formula is C7H2F3IN2. The highest BCUT2D eigenvalue weighted by molar-refractivity contribution is 14.1. The summed E-state index contributed by atoms with van der Waals surface area (Å²) in [5, 5.41) is 8.45. The molecule has 13 heavy (non-hydrogen) atoms. The third-order valence-electron chi connectivity index (χ3n) is 1.29. The van der Waals surface area contributed by atoms with E-state index in [1.807, 2.05) is 0 Å². The lowest BCUT2D eigenvalue weighted by Gasteiger charge is -2.05. The van der Waals surface area contributed by atoms with E-state index in [0.717, 1.165) is 6.07 Å². The number of hydrogen-bond acceptors (Lipinski definition) is 2. The van der Waals surface area contributed by atoms with Gasteiger partial charge in [-0.05, 0) is 28.7 Å². The molecule has 0 atom stereocenters. The van der Waals surface area contributed by atoms with Crippen LogP contribution in [0.25, 0.3) is 0 Å². The van der Waals surface area contributed by atoms with E-state index < -0.39 is 11.7 Å². The summed E-state index contributed by atoms with van der Waals surface area (Å²) in [6.07, 6.45) is -3.73. The minimum atomic E-state index is -4.44. The second kappa shape index (κ2) is 3.49.